The monoisotopic (exact) mass is 958 g/mol. The number of rotatable bonds is 22. The van der Waals surface area contributed by atoms with Crippen LogP contribution in [0.1, 0.15) is 12.8 Å². The van der Waals surface area contributed by atoms with E-state index in [1.165, 1.54) is 9.47 Å². The quantitative estimate of drug-likeness (QED) is 0.0791. The molecule has 2 fully saturated rings. The van der Waals surface area contributed by atoms with Crippen molar-refractivity contribution in [2.75, 3.05) is 13.2 Å². The number of alkyl halides is 30. The number of epoxide rings is 2. The molecule has 0 aromatic carbocycles. The average molecular weight is 958 g/mol. The van der Waals surface area contributed by atoms with Gasteiger partial charge in [0.15, 0.2) is 0 Å². The lowest BCUT2D eigenvalue weighted by Crippen LogP contribution is -2.65. The molecule has 2 aliphatic heterocycles. The van der Waals surface area contributed by atoms with Gasteiger partial charge in [-0.1, -0.05) is 0 Å². The van der Waals surface area contributed by atoms with E-state index in [9.17, 15) is 132 Å². The zero-order valence-electron chi connectivity index (χ0n) is 26.3. The Hall–Kier alpha value is -2.38. The van der Waals surface area contributed by atoms with E-state index in [1.807, 2.05) is 0 Å². The van der Waals surface area contributed by atoms with Crippen molar-refractivity contribution in [2.24, 2.45) is 0 Å². The third-order valence-corrected chi connectivity index (χ3v) is 6.98. The molecule has 352 valence electrons. The fraction of sp³-hybridized carbons (Fsp3) is 1.00. The third-order valence-electron chi connectivity index (χ3n) is 6.98. The van der Waals surface area contributed by atoms with E-state index in [1.54, 1.807) is 0 Å². The van der Waals surface area contributed by atoms with Crippen molar-refractivity contribution in [3.63, 3.8) is 0 Å². The zero-order chi connectivity index (χ0) is 47.1. The van der Waals surface area contributed by atoms with Crippen LogP contribution in [0.2, 0.25) is 0 Å². The zero-order valence-corrected chi connectivity index (χ0v) is 26.3. The molecule has 2 saturated heterocycles. The number of hydrogen-bond donors (Lipinski definition) is 0. The van der Waals surface area contributed by atoms with Crippen LogP contribution in [-0.4, -0.2) is 123 Å². The van der Waals surface area contributed by atoms with E-state index < -0.39 is 135 Å². The van der Waals surface area contributed by atoms with Gasteiger partial charge >= 0.3 is 72.7 Å². The second-order valence-corrected chi connectivity index (χ2v) is 11.4. The molecule has 59 heavy (non-hydrogen) atoms. The van der Waals surface area contributed by atoms with Gasteiger partial charge in [-0.05, 0) is 0 Å². The Morgan fingerprint density at radius 1 is 0.373 bits per heavy atom. The van der Waals surface area contributed by atoms with E-state index in [-0.39, 0.29) is 0 Å². The second kappa shape index (κ2) is 15.2. The molecule has 0 amide bonds. The normalized spacial score (nSPS) is 23.6. The molecule has 2 unspecified atom stereocenters. The second-order valence-electron chi connectivity index (χ2n) is 11.4. The molecule has 0 radical (unpaired) electrons. The highest BCUT2D eigenvalue weighted by Gasteiger charge is 2.87. The van der Waals surface area contributed by atoms with Crippen LogP contribution in [0.4, 0.5) is 132 Å². The molecule has 0 aliphatic carbocycles. The average Bonchev–Trinajstić information content (AvgIpc) is 3.90. The van der Waals surface area contributed by atoms with E-state index in [4.69, 9.17) is 0 Å². The summed E-state index contributed by atoms with van der Waals surface area (Å²) in [6, 6.07) is 0. The molecule has 0 spiro atoms. The Morgan fingerprint density at radius 2 is 0.610 bits per heavy atom. The molecule has 2 heterocycles. The molecule has 2 aliphatic rings. The van der Waals surface area contributed by atoms with Gasteiger partial charge in [0.2, 0.25) is 24.4 Å². The fourth-order valence-electron chi connectivity index (χ4n) is 3.81. The van der Waals surface area contributed by atoms with Gasteiger partial charge in [-0.15, -0.1) is 0 Å². The summed E-state index contributed by atoms with van der Waals surface area (Å²) in [6.45, 7) is -4.11. The number of halogens is 30. The minimum Gasteiger partial charge on any atom is -0.363 e. The SMILES string of the molecule is FC(F)CC(OC(CC(F)F)[C@@]1(OC(F)(F)C(F)(F)OC(F)(F)C(F)(F)C(F)(F)C(F)(F)F)CO1)[C@@]1(OC(F)(F)C(F)(F)OC(F)(F)C(F)(F)C(F)(F)C(F)(F)F)CO1. The van der Waals surface area contributed by atoms with E-state index in [2.05, 4.69) is 23.7 Å². The first-order valence-corrected chi connectivity index (χ1v) is 13.8. The highest BCUT2D eigenvalue weighted by molar-refractivity contribution is 5.01. The van der Waals surface area contributed by atoms with Crippen LogP contribution < -0.4 is 0 Å². The minimum atomic E-state index is -8.23. The first-order valence-electron chi connectivity index (χ1n) is 13.8. The van der Waals surface area contributed by atoms with Gasteiger partial charge in [0.1, 0.15) is 25.4 Å². The van der Waals surface area contributed by atoms with Crippen LogP contribution in [0.3, 0.4) is 0 Å². The molecule has 4 atom stereocenters. The molecule has 0 bridgehead atoms. The van der Waals surface area contributed by atoms with Gasteiger partial charge in [0.25, 0.3) is 0 Å². The maximum Gasteiger partial charge on any atom is 0.460 e. The molecular weight excluding hydrogens is 946 g/mol. The molecule has 0 aromatic rings. The highest BCUT2D eigenvalue weighted by atomic mass is 19.4. The van der Waals surface area contributed by atoms with Crippen LogP contribution in [0.5, 0.6) is 0 Å². The standard InChI is InChI=1S/C22H12F30O7/c23-7(24)1-5(9(3-53-9)56-19(45,46)21(49,50)58-17(41,42)13(31,32)11(27,28)15(35,36)37)55-6(2-8(25)26)10(4-54-10)57-20(47,48)22(51,52)59-18(43,44)14(33,34)12(29,30)16(38,39)40/h5-8H,1-4H2/t5?,6?,9-,10-/m0/s1. The van der Waals surface area contributed by atoms with Crippen molar-refractivity contribution >= 4 is 0 Å². The van der Waals surface area contributed by atoms with Gasteiger partial charge in [-0.3, -0.25) is 9.47 Å². The van der Waals surface area contributed by atoms with Crippen molar-refractivity contribution in [1.29, 1.82) is 0 Å². The van der Waals surface area contributed by atoms with Crippen molar-refractivity contribution in [2.45, 2.75) is 122 Å². The largest absolute Gasteiger partial charge is 0.460 e. The smallest absolute Gasteiger partial charge is 0.363 e. The lowest BCUT2D eigenvalue weighted by molar-refractivity contribution is -0.534. The highest BCUT2D eigenvalue weighted by Crippen LogP contribution is 2.59. The maximum atomic E-state index is 14.4. The Morgan fingerprint density at radius 3 is 0.797 bits per heavy atom. The van der Waals surface area contributed by atoms with E-state index in [0.717, 1.165) is 0 Å². The summed E-state index contributed by atoms with van der Waals surface area (Å²) in [4.78, 5) is 0. The first kappa shape index (κ1) is 52.8. The summed E-state index contributed by atoms with van der Waals surface area (Å²) >= 11 is 0. The van der Waals surface area contributed by atoms with Crippen molar-refractivity contribution < 1.29 is 165 Å². The van der Waals surface area contributed by atoms with Crippen LogP contribution in [0, 0.1) is 0 Å². The number of hydrogen-bond acceptors (Lipinski definition) is 7. The minimum absolute atomic E-state index is 1.53. The fourth-order valence-corrected chi connectivity index (χ4v) is 3.81. The topological polar surface area (TPSA) is 71.2 Å². The Bertz CT molecular complexity index is 1340. The molecule has 0 saturated carbocycles. The van der Waals surface area contributed by atoms with Crippen LogP contribution in [0.15, 0.2) is 0 Å². The van der Waals surface area contributed by atoms with Gasteiger partial charge in [-0.2, -0.15) is 114 Å². The van der Waals surface area contributed by atoms with E-state index in [0.29, 0.717) is 0 Å². The summed E-state index contributed by atoms with van der Waals surface area (Å²) in [7, 11) is 0. The summed E-state index contributed by atoms with van der Waals surface area (Å²) in [6.07, 6.45) is -82.6. The maximum absolute atomic E-state index is 14.4. The van der Waals surface area contributed by atoms with Gasteiger partial charge in [-0.25, -0.2) is 27.0 Å². The Labute approximate surface area is 301 Å². The summed E-state index contributed by atoms with van der Waals surface area (Å²) < 4.78 is 421. The Balaban J connectivity index is 2.49. The van der Waals surface area contributed by atoms with Crippen LogP contribution >= 0.6 is 0 Å². The van der Waals surface area contributed by atoms with E-state index >= 15 is 0 Å². The van der Waals surface area contributed by atoms with Crippen molar-refractivity contribution in [3.05, 3.63) is 0 Å². The summed E-state index contributed by atoms with van der Waals surface area (Å²) in [5.74, 6) is -41.3. The van der Waals surface area contributed by atoms with Crippen molar-refractivity contribution in [1.82, 2.24) is 0 Å². The summed E-state index contributed by atoms with van der Waals surface area (Å²) in [5.41, 5.74) is 0. The summed E-state index contributed by atoms with van der Waals surface area (Å²) in [5, 5.41) is 0. The Kier molecular flexibility index (Phi) is 13.6. The lowest BCUT2D eigenvalue weighted by Gasteiger charge is -2.38. The molecule has 0 N–H and O–H groups in total. The lowest BCUT2D eigenvalue weighted by atomic mass is 10.1. The van der Waals surface area contributed by atoms with Crippen LogP contribution in [0.25, 0.3) is 0 Å². The molecular formula is C22H12F30O7. The van der Waals surface area contributed by atoms with Crippen molar-refractivity contribution in [3.8, 4) is 0 Å². The van der Waals surface area contributed by atoms with Gasteiger partial charge < -0.3 is 14.2 Å². The van der Waals surface area contributed by atoms with Crippen LogP contribution in [-0.2, 0) is 33.2 Å². The molecule has 2 rings (SSSR count). The first-order chi connectivity index (χ1) is 25.6. The predicted molar refractivity (Wildman–Crippen MR) is 113 cm³/mol. The molecule has 7 nitrogen and oxygen atoms in total. The molecule has 0 aromatic heterocycles. The van der Waals surface area contributed by atoms with Gasteiger partial charge in [0, 0.05) is 12.8 Å². The third kappa shape index (κ3) is 9.82. The molecule has 37 heteroatoms. The predicted octanol–water partition coefficient (Wildman–Crippen LogP) is 9.79. The van der Waals surface area contributed by atoms with Gasteiger partial charge in [0.05, 0.1) is 0 Å². The number of ether oxygens (including phenoxy) is 7.